The molecular formula is C26H40FN7. The van der Waals surface area contributed by atoms with E-state index in [1.807, 2.05) is 6.07 Å². The maximum Gasteiger partial charge on any atom is 0.134 e. The van der Waals surface area contributed by atoms with Crippen LogP contribution in [0.5, 0.6) is 0 Å². The van der Waals surface area contributed by atoms with Gasteiger partial charge in [-0.1, -0.05) is 25.3 Å². The zero-order chi connectivity index (χ0) is 23.6. The summed E-state index contributed by atoms with van der Waals surface area (Å²) in [5.74, 6) is 1.68. The summed E-state index contributed by atoms with van der Waals surface area (Å²) in [5, 5.41) is 3.60. The lowest BCUT2D eigenvalue weighted by atomic mass is 10.0. The molecule has 3 heterocycles. The quantitative estimate of drug-likeness (QED) is 0.486. The third-order valence-electron chi connectivity index (χ3n) is 6.97. The van der Waals surface area contributed by atoms with Crippen molar-refractivity contribution in [2.45, 2.75) is 51.0 Å². The summed E-state index contributed by atoms with van der Waals surface area (Å²) in [6.07, 6.45) is 10.1. The summed E-state index contributed by atoms with van der Waals surface area (Å²) in [4.78, 5) is 16.2. The molecular weight excluding hydrogens is 429 g/mol. The molecule has 2 saturated heterocycles. The van der Waals surface area contributed by atoms with E-state index in [-0.39, 0.29) is 11.9 Å². The van der Waals surface area contributed by atoms with Gasteiger partial charge in [0.25, 0.3) is 0 Å². The standard InChI is InChI=1S/C26H40FN7/c27-22-8-6-10-24(18-22)34-13-7-9-23(20-34)31-25-19-26(30-21-29-25)33-16-14-32(15-17-33)12-5-3-1-2-4-11-28/h6,8,10,18-19,21,23H,1-5,7,9,11-17,20,28H2,(H,29,30,31)/t23-/m1/s1. The van der Waals surface area contributed by atoms with E-state index in [0.717, 1.165) is 82.4 Å². The molecule has 2 aromatic rings. The minimum Gasteiger partial charge on any atom is -0.369 e. The largest absolute Gasteiger partial charge is 0.369 e. The van der Waals surface area contributed by atoms with Gasteiger partial charge in [0.1, 0.15) is 23.8 Å². The smallest absolute Gasteiger partial charge is 0.134 e. The predicted molar refractivity (Wildman–Crippen MR) is 138 cm³/mol. The Morgan fingerprint density at radius 2 is 1.76 bits per heavy atom. The van der Waals surface area contributed by atoms with Gasteiger partial charge in [-0.3, -0.25) is 4.90 Å². The number of anilines is 3. The molecule has 2 fully saturated rings. The second kappa shape index (κ2) is 12.9. The molecule has 3 N–H and O–H groups in total. The Morgan fingerprint density at radius 1 is 0.941 bits per heavy atom. The zero-order valence-electron chi connectivity index (χ0n) is 20.3. The third-order valence-corrected chi connectivity index (χ3v) is 6.97. The summed E-state index contributed by atoms with van der Waals surface area (Å²) < 4.78 is 13.7. The number of nitrogens with one attached hydrogen (secondary N) is 1. The van der Waals surface area contributed by atoms with E-state index in [1.165, 1.54) is 38.3 Å². The Balaban J connectivity index is 1.23. The van der Waals surface area contributed by atoms with Crippen molar-refractivity contribution in [2.24, 2.45) is 5.73 Å². The fourth-order valence-electron chi connectivity index (χ4n) is 5.02. The number of halogens is 1. The van der Waals surface area contributed by atoms with Crippen molar-refractivity contribution >= 4 is 17.3 Å². The molecule has 0 unspecified atom stereocenters. The summed E-state index contributed by atoms with van der Waals surface area (Å²) in [5.41, 5.74) is 6.52. The Kier molecular flexibility index (Phi) is 9.33. The molecule has 7 nitrogen and oxygen atoms in total. The number of rotatable bonds is 11. The van der Waals surface area contributed by atoms with E-state index in [2.05, 4.69) is 36.1 Å². The van der Waals surface area contributed by atoms with Gasteiger partial charge in [0.15, 0.2) is 0 Å². The molecule has 4 rings (SSSR count). The Hall–Kier alpha value is -2.45. The van der Waals surface area contributed by atoms with Gasteiger partial charge in [-0.05, 0) is 57.0 Å². The van der Waals surface area contributed by atoms with Gasteiger partial charge in [-0.25, -0.2) is 14.4 Å². The van der Waals surface area contributed by atoms with E-state index >= 15 is 0 Å². The van der Waals surface area contributed by atoms with Gasteiger partial charge in [0.05, 0.1) is 0 Å². The first kappa shape index (κ1) is 24.7. The summed E-state index contributed by atoms with van der Waals surface area (Å²) in [6.45, 7) is 7.97. The molecule has 0 spiro atoms. The van der Waals surface area contributed by atoms with Crippen molar-refractivity contribution in [3.8, 4) is 0 Å². The minimum absolute atomic E-state index is 0.185. The van der Waals surface area contributed by atoms with Crippen molar-refractivity contribution in [1.29, 1.82) is 0 Å². The number of nitrogens with zero attached hydrogens (tertiary/aromatic N) is 5. The van der Waals surface area contributed by atoms with Crippen LogP contribution in [0.3, 0.4) is 0 Å². The fourth-order valence-corrected chi connectivity index (χ4v) is 5.02. The second-order valence-corrected chi connectivity index (χ2v) is 9.56. The summed E-state index contributed by atoms with van der Waals surface area (Å²) in [6, 6.07) is 9.23. The van der Waals surface area contributed by atoms with Crippen LogP contribution in [0.15, 0.2) is 36.7 Å². The third kappa shape index (κ3) is 7.27. The first-order chi connectivity index (χ1) is 16.7. The highest BCUT2D eigenvalue weighted by Crippen LogP contribution is 2.23. The van der Waals surface area contributed by atoms with Crippen molar-refractivity contribution in [3.63, 3.8) is 0 Å². The van der Waals surface area contributed by atoms with Crippen LogP contribution in [-0.2, 0) is 0 Å². The topological polar surface area (TPSA) is 73.6 Å². The van der Waals surface area contributed by atoms with E-state index in [9.17, 15) is 4.39 Å². The molecule has 2 aliphatic rings. The monoisotopic (exact) mass is 469 g/mol. The SMILES string of the molecule is NCCCCCCCN1CCN(c2cc(N[C@@H]3CCCN(c4cccc(F)c4)C3)ncn2)CC1. The average Bonchev–Trinajstić information content (AvgIpc) is 2.87. The highest BCUT2D eigenvalue weighted by atomic mass is 19.1. The fraction of sp³-hybridized carbons (Fsp3) is 0.615. The van der Waals surface area contributed by atoms with Gasteiger partial charge >= 0.3 is 0 Å². The van der Waals surface area contributed by atoms with Crippen LogP contribution in [0.25, 0.3) is 0 Å². The number of piperidine rings is 1. The average molecular weight is 470 g/mol. The van der Waals surface area contributed by atoms with Gasteiger partial charge in [-0.2, -0.15) is 0 Å². The number of benzene rings is 1. The van der Waals surface area contributed by atoms with Crippen LogP contribution in [0, 0.1) is 5.82 Å². The lowest BCUT2D eigenvalue weighted by Crippen LogP contribution is -2.47. The minimum atomic E-state index is -0.185. The zero-order valence-corrected chi connectivity index (χ0v) is 20.3. The van der Waals surface area contributed by atoms with E-state index in [4.69, 9.17) is 5.73 Å². The molecule has 34 heavy (non-hydrogen) atoms. The Morgan fingerprint density at radius 3 is 2.59 bits per heavy atom. The van der Waals surface area contributed by atoms with Gasteiger partial charge in [0.2, 0.25) is 0 Å². The van der Waals surface area contributed by atoms with Crippen molar-refractivity contribution in [2.75, 3.05) is 67.5 Å². The van der Waals surface area contributed by atoms with Crippen molar-refractivity contribution < 1.29 is 4.39 Å². The Labute approximate surface area is 203 Å². The molecule has 0 saturated carbocycles. The molecule has 186 valence electrons. The normalized spacial score (nSPS) is 19.4. The van der Waals surface area contributed by atoms with Crippen LogP contribution in [0.1, 0.15) is 44.9 Å². The highest BCUT2D eigenvalue weighted by Gasteiger charge is 2.22. The van der Waals surface area contributed by atoms with Crippen LogP contribution >= 0.6 is 0 Å². The maximum atomic E-state index is 13.7. The predicted octanol–water partition coefficient (Wildman–Crippen LogP) is 3.73. The first-order valence-electron chi connectivity index (χ1n) is 13.0. The first-order valence-corrected chi connectivity index (χ1v) is 13.0. The molecule has 0 radical (unpaired) electrons. The molecule has 1 aromatic heterocycles. The van der Waals surface area contributed by atoms with E-state index in [0.29, 0.717) is 0 Å². The maximum absolute atomic E-state index is 13.7. The van der Waals surface area contributed by atoms with Crippen LogP contribution < -0.4 is 20.9 Å². The van der Waals surface area contributed by atoms with Gasteiger partial charge in [-0.15, -0.1) is 0 Å². The molecule has 1 atom stereocenters. The lowest BCUT2D eigenvalue weighted by molar-refractivity contribution is 0.251. The van der Waals surface area contributed by atoms with Crippen LogP contribution in [0.4, 0.5) is 21.7 Å². The van der Waals surface area contributed by atoms with Crippen molar-refractivity contribution in [3.05, 3.63) is 42.5 Å². The van der Waals surface area contributed by atoms with Crippen molar-refractivity contribution in [1.82, 2.24) is 14.9 Å². The Bertz CT molecular complexity index is 872. The highest BCUT2D eigenvalue weighted by molar-refractivity contribution is 5.51. The molecule has 1 aromatic carbocycles. The molecule has 0 bridgehead atoms. The summed E-state index contributed by atoms with van der Waals surface area (Å²) >= 11 is 0. The number of unbranched alkanes of at least 4 members (excludes halogenated alkanes) is 4. The molecule has 8 heteroatoms. The van der Waals surface area contributed by atoms with E-state index < -0.39 is 0 Å². The number of nitrogens with two attached hydrogens (primary N) is 1. The number of aromatic nitrogens is 2. The van der Waals surface area contributed by atoms with Crippen LogP contribution in [-0.4, -0.2) is 73.3 Å². The molecule has 2 aliphatic heterocycles. The van der Waals surface area contributed by atoms with Gasteiger partial charge < -0.3 is 20.9 Å². The van der Waals surface area contributed by atoms with E-state index in [1.54, 1.807) is 18.5 Å². The summed E-state index contributed by atoms with van der Waals surface area (Å²) in [7, 11) is 0. The lowest BCUT2D eigenvalue weighted by Gasteiger charge is -2.36. The number of piperazine rings is 1. The molecule has 0 aliphatic carbocycles. The molecule has 0 amide bonds. The van der Waals surface area contributed by atoms with Gasteiger partial charge in [0, 0.05) is 57.1 Å². The second-order valence-electron chi connectivity index (χ2n) is 9.56. The van der Waals surface area contributed by atoms with Crippen LogP contribution in [0.2, 0.25) is 0 Å². The number of hydrogen-bond donors (Lipinski definition) is 2. The number of hydrogen-bond acceptors (Lipinski definition) is 7.